The van der Waals surface area contributed by atoms with Gasteiger partial charge in [-0.05, 0) is 42.5 Å². The second-order valence-electron chi connectivity index (χ2n) is 6.67. The van der Waals surface area contributed by atoms with Crippen molar-refractivity contribution in [1.82, 2.24) is 4.57 Å². The van der Waals surface area contributed by atoms with E-state index in [0.29, 0.717) is 18.5 Å². The van der Waals surface area contributed by atoms with Crippen LogP contribution in [0.25, 0.3) is 17.0 Å². The Morgan fingerprint density at radius 3 is 2.76 bits per heavy atom. The van der Waals surface area contributed by atoms with E-state index >= 15 is 0 Å². The normalized spacial score (nSPS) is 17.9. The number of aryl methyl sites for hydroxylation is 1. The maximum atomic E-state index is 13.2. The molecule has 1 aliphatic rings. The van der Waals surface area contributed by atoms with Crippen LogP contribution in [-0.4, -0.2) is 16.4 Å². The topological polar surface area (TPSA) is 34.0 Å². The van der Waals surface area contributed by atoms with Gasteiger partial charge in [-0.3, -0.25) is 4.79 Å². The van der Waals surface area contributed by atoms with Gasteiger partial charge < -0.3 is 9.88 Å². The van der Waals surface area contributed by atoms with Gasteiger partial charge in [0.05, 0.1) is 5.52 Å². The lowest BCUT2D eigenvalue weighted by Gasteiger charge is -2.26. The van der Waals surface area contributed by atoms with E-state index in [1.807, 2.05) is 42.1 Å². The number of nitrogens with one attached hydrogen (secondary N) is 1. The number of anilines is 1. The molecule has 25 heavy (non-hydrogen) atoms. The van der Waals surface area contributed by atoms with Crippen LogP contribution in [0.3, 0.4) is 0 Å². The summed E-state index contributed by atoms with van der Waals surface area (Å²) in [5, 5.41) is 3.82. The summed E-state index contributed by atoms with van der Waals surface area (Å²) >= 11 is 0. The van der Waals surface area contributed by atoms with Gasteiger partial charge in [0.25, 0.3) is 0 Å². The number of hydrogen-bond acceptors (Lipinski definition) is 1. The first-order chi connectivity index (χ1) is 11.9. The SMILES string of the molecule is C=CC(=O)Nc1ccc2c(/C=C/C3CCC(F)(F)CC3)cn(C)c2c1. The molecule has 1 saturated carbocycles. The smallest absolute Gasteiger partial charge is 0.248 e. The lowest BCUT2D eigenvalue weighted by atomic mass is 9.86. The summed E-state index contributed by atoms with van der Waals surface area (Å²) in [5.41, 5.74) is 2.76. The number of allylic oxidation sites excluding steroid dienone is 1. The Kier molecular flexibility index (Phi) is 4.75. The fourth-order valence-electron chi connectivity index (χ4n) is 3.31. The van der Waals surface area contributed by atoms with Gasteiger partial charge in [-0.2, -0.15) is 0 Å². The van der Waals surface area contributed by atoms with Crippen LogP contribution in [0.5, 0.6) is 0 Å². The molecular formula is C20H22F2N2O. The molecule has 0 atom stereocenters. The molecule has 1 aliphatic carbocycles. The standard InChI is InChI=1S/C20H22F2N2O/c1-3-19(25)23-16-6-7-17-15(13-24(2)18(17)12-16)5-4-14-8-10-20(21,22)11-9-14/h3-7,12-14H,1,8-11H2,2H3,(H,23,25)/b5-4+. The quantitative estimate of drug-likeness (QED) is 0.766. The van der Waals surface area contributed by atoms with Crippen molar-refractivity contribution in [3.63, 3.8) is 0 Å². The fraction of sp³-hybridized carbons (Fsp3) is 0.350. The zero-order chi connectivity index (χ0) is 18.0. The summed E-state index contributed by atoms with van der Waals surface area (Å²) < 4.78 is 28.5. The molecule has 0 aliphatic heterocycles. The van der Waals surface area contributed by atoms with E-state index in [4.69, 9.17) is 0 Å². The number of carbonyl (C=O) groups excluding carboxylic acids is 1. The van der Waals surface area contributed by atoms with E-state index in [9.17, 15) is 13.6 Å². The minimum absolute atomic E-state index is 0.0239. The third kappa shape index (κ3) is 3.98. The lowest BCUT2D eigenvalue weighted by Crippen LogP contribution is -2.23. The van der Waals surface area contributed by atoms with Gasteiger partial charge in [-0.15, -0.1) is 0 Å². The first-order valence-corrected chi connectivity index (χ1v) is 8.46. The highest BCUT2D eigenvalue weighted by Gasteiger charge is 2.33. The lowest BCUT2D eigenvalue weighted by molar-refractivity contribution is -0.111. The molecule has 0 unspecified atom stereocenters. The van der Waals surface area contributed by atoms with Crippen LogP contribution < -0.4 is 5.32 Å². The van der Waals surface area contributed by atoms with E-state index in [1.54, 1.807) is 0 Å². The van der Waals surface area contributed by atoms with Gasteiger partial charge in [0, 0.05) is 37.2 Å². The second-order valence-corrected chi connectivity index (χ2v) is 6.67. The minimum Gasteiger partial charge on any atom is -0.350 e. The Morgan fingerprint density at radius 1 is 1.36 bits per heavy atom. The Morgan fingerprint density at radius 2 is 2.08 bits per heavy atom. The van der Waals surface area contributed by atoms with E-state index < -0.39 is 5.92 Å². The summed E-state index contributed by atoms with van der Waals surface area (Å²) in [4.78, 5) is 11.4. The zero-order valence-electron chi connectivity index (χ0n) is 14.3. The summed E-state index contributed by atoms with van der Waals surface area (Å²) in [6, 6.07) is 5.72. The molecule has 0 spiro atoms. The number of nitrogens with zero attached hydrogens (tertiary/aromatic N) is 1. The van der Waals surface area contributed by atoms with Crippen LogP contribution in [0.15, 0.2) is 43.1 Å². The Hall–Kier alpha value is -2.43. The van der Waals surface area contributed by atoms with Crippen molar-refractivity contribution in [2.45, 2.75) is 31.6 Å². The molecule has 0 bridgehead atoms. The van der Waals surface area contributed by atoms with E-state index in [0.717, 1.165) is 16.5 Å². The molecule has 1 N–H and O–H groups in total. The fourth-order valence-corrected chi connectivity index (χ4v) is 3.31. The van der Waals surface area contributed by atoms with Gasteiger partial charge >= 0.3 is 0 Å². The van der Waals surface area contributed by atoms with Crippen molar-refractivity contribution < 1.29 is 13.6 Å². The zero-order valence-corrected chi connectivity index (χ0v) is 14.3. The molecule has 3 rings (SSSR count). The number of halogens is 2. The number of aromatic nitrogens is 1. The molecular weight excluding hydrogens is 322 g/mol. The van der Waals surface area contributed by atoms with Gasteiger partial charge in [-0.1, -0.05) is 24.8 Å². The van der Waals surface area contributed by atoms with Crippen molar-refractivity contribution in [3.8, 4) is 0 Å². The third-order valence-corrected chi connectivity index (χ3v) is 4.78. The number of carbonyl (C=O) groups is 1. The van der Waals surface area contributed by atoms with Crippen molar-refractivity contribution in [3.05, 3.63) is 48.7 Å². The van der Waals surface area contributed by atoms with Gasteiger partial charge in [0.2, 0.25) is 11.8 Å². The first kappa shape index (κ1) is 17.4. The van der Waals surface area contributed by atoms with Gasteiger partial charge in [0.1, 0.15) is 0 Å². The molecule has 1 aromatic carbocycles. The molecule has 1 fully saturated rings. The molecule has 1 aromatic heterocycles. The van der Waals surface area contributed by atoms with Crippen LogP contribution in [0.4, 0.5) is 14.5 Å². The van der Waals surface area contributed by atoms with Crippen LogP contribution in [0.2, 0.25) is 0 Å². The predicted molar refractivity (Wildman–Crippen MR) is 97.7 cm³/mol. The summed E-state index contributed by atoms with van der Waals surface area (Å²) in [5.74, 6) is -2.53. The highest BCUT2D eigenvalue weighted by atomic mass is 19.3. The molecule has 132 valence electrons. The van der Waals surface area contributed by atoms with Gasteiger partial charge in [-0.25, -0.2) is 8.78 Å². The minimum atomic E-state index is -2.49. The highest BCUT2D eigenvalue weighted by Crippen LogP contribution is 2.37. The van der Waals surface area contributed by atoms with Crippen molar-refractivity contribution in [2.75, 3.05) is 5.32 Å². The molecule has 1 amide bonds. The van der Waals surface area contributed by atoms with Crippen molar-refractivity contribution in [1.29, 1.82) is 0 Å². The molecule has 0 saturated heterocycles. The summed E-state index contributed by atoms with van der Waals surface area (Å²) in [6.07, 6.45) is 8.34. The van der Waals surface area contributed by atoms with E-state index in [-0.39, 0.29) is 24.7 Å². The van der Waals surface area contributed by atoms with Crippen LogP contribution in [-0.2, 0) is 11.8 Å². The van der Waals surface area contributed by atoms with E-state index in [2.05, 4.69) is 18.0 Å². The maximum absolute atomic E-state index is 13.2. The highest BCUT2D eigenvalue weighted by molar-refractivity contribution is 6.01. The third-order valence-electron chi connectivity index (χ3n) is 4.78. The summed E-state index contributed by atoms with van der Waals surface area (Å²) in [6.45, 7) is 3.45. The maximum Gasteiger partial charge on any atom is 0.248 e. The largest absolute Gasteiger partial charge is 0.350 e. The Balaban J connectivity index is 1.79. The second kappa shape index (κ2) is 6.82. The average molecular weight is 344 g/mol. The van der Waals surface area contributed by atoms with Crippen LogP contribution in [0.1, 0.15) is 31.2 Å². The molecule has 2 aromatic rings. The molecule has 3 nitrogen and oxygen atoms in total. The van der Waals surface area contributed by atoms with Crippen LogP contribution >= 0.6 is 0 Å². The number of rotatable bonds is 4. The average Bonchev–Trinajstić information content (AvgIpc) is 2.89. The molecule has 0 radical (unpaired) electrons. The van der Waals surface area contributed by atoms with Crippen LogP contribution in [0, 0.1) is 5.92 Å². The number of alkyl halides is 2. The number of hydrogen-bond donors (Lipinski definition) is 1. The monoisotopic (exact) mass is 344 g/mol. The number of benzene rings is 1. The summed E-state index contributed by atoms with van der Waals surface area (Å²) in [7, 11) is 1.94. The molecule has 5 heteroatoms. The Bertz CT molecular complexity index is 826. The van der Waals surface area contributed by atoms with Crippen molar-refractivity contribution in [2.24, 2.45) is 13.0 Å². The predicted octanol–water partition coefficient (Wildman–Crippen LogP) is 5.14. The van der Waals surface area contributed by atoms with Gasteiger partial charge in [0.15, 0.2) is 0 Å². The van der Waals surface area contributed by atoms with Crippen molar-refractivity contribution >= 4 is 28.6 Å². The molecule has 1 heterocycles. The Labute approximate surface area is 146 Å². The first-order valence-electron chi connectivity index (χ1n) is 8.46. The number of fused-ring (bicyclic) bond motifs is 1. The number of amides is 1. The van der Waals surface area contributed by atoms with E-state index in [1.165, 1.54) is 6.08 Å².